The molecule has 9 heteroatoms. The third-order valence-electron chi connectivity index (χ3n) is 3.03. The van der Waals surface area contributed by atoms with Gasteiger partial charge in [-0.2, -0.15) is 13.2 Å². The number of ether oxygens (including phenoxy) is 1. The van der Waals surface area contributed by atoms with Gasteiger partial charge in [0.2, 0.25) is 0 Å². The number of esters is 1. The molecule has 0 radical (unpaired) electrons. The highest BCUT2D eigenvalue weighted by Gasteiger charge is 2.31. The van der Waals surface area contributed by atoms with E-state index in [4.69, 9.17) is 0 Å². The molecule has 0 aromatic heterocycles. The van der Waals surface area contributed by atoms with Crippen LogP contribution in [0, 0.1) is 0 Å². The van der Waals surface area contributed by atoms with Crippen molar-refractivity contribution in [3.8, 4) is 0 Å². The molecule has 5 nitrogen and oxygen atoms in total. The van der Waals surface area contributed by atoms with Crippen molar-refractivity contribution < 1.29 is 32.6 Å². The Morgan fingerprint density at radius 2 is 1.88 bits per heavy atom. The lowest BCUT2D eigenvalue weighted by molar-refractivity contribution is -0.146. The lowest BCUT2D eigenvalue weighted by Gasteiger charge is -2.19. The average Bonchev–Trinajstić information content (AvgIpc) is 2.51. The third kappa shape index (κ3) is 5.64. The van der Waals surface area contributed by atoms with E-state index in [1.165, 1.54) is 0 Å². The Labute approximate surface area is 144 Å². The molecule has 24 heavy (non-hydrogen) atoms. The average molecular weight is 410 g/mol. The van der Waals surface area contributed by atoms with Crippen LogP contribution in [-0.2, 0) is 20.5 Å². The summed E-state index contributed by atoms with van der Waals surface area (Å²) in [7, 11) is 1.13. The summed E-state index contributed by atoms with van der Waals surface area (Å²) < 4.78 is 42.4. The Bertz CT molecular complexity index is 616. The van der Waals surface area contributed by atoms with Crippen LogP contribution in [0.15, 0.2) is 35.3 Å². The molecule has 0 aliphatic carbocycles. The van der Waals surface area contributed by atoms with Crippen molar-refractivity contribution in [3.05, 3.63) is 46.5 Å². The number of carbonyl (C=O) groups is 2. The van der Waals surface area contributed by atoms with Gasteiger partial charge >= 0.3 is 12.1 Å². The van der Waals surface area contributed by atoms with Crippen molar-refractivity contribution in [1.82, 2.24) is 5.32 Å². The number of hydrogen-bond acceptors (Lipinski definition) is 4. The highest BCUT2D eigenvalue weighted by molar-refractivity contribution is 9.11. The Morgan fingerprint density at radius 3 is 2.29 bits per heavy atom. The number of aliphatic hydroxyl groups excluding tert-OH is 1. The summed E-state index contributed by atoms with van der Waals surface area (Å²) in [6, 6.07) is 2.40. The van der Waals surface area contributed by atoms with Gasteiger partial charge in [-0.1, -0.05) is 34.6 Å². The number of amides is 1. The van der Waals surface area contributed by atoms with Crippen molar-refractivity contribution in [2.24, 2.45) is 0 Å². The second-order valence-electron chi connectivity index (χ2n) is 4.83. The molecule has 0 aliphatic rings. The molecule has 1 aromatic rings. The normalized spacial score (nSPS) is 13.8. The zero-order chi connectivity index (χ0) is 18.5. The molecule has 0 saturated carbocycles. The fraction of sp³-hybridized carbons (Fsp3) is 0.333. The van der Waals surface area contributed by atoms with E-state index in [2.05, 4.69) is 32.6 Å². The topological polar surface area (TPSA) is 75.6 Å². The number of carbonyl (C=O) groups excluding carboxylic acids is 2. The van der Waals surface area contributed by atoms with Crippen molar-refractivity contribution in [2.45, 2.75) is 24.7 Å². The van der Waals surface area contributed by atoms with Crippen LogP contribution in [0.3, 0.4) is 0 Å². The lowest BCUT2D eigenvalue weighted by Crippen LogP contribution is -2.43. The summed E-state index contributed by atoms with van der Waals surface area (Å²) in [6.45, 7) is 3.54. The predicted octanol–water partition coefficient (Wildman–Crippen LogP) is 2.70. The van der Waals surface area contributed by atoms with Gasteiger partial charge in [-0.05, 0) is 22.2 Å². The predicted molar refractivity (Wildman–Crippen MR) is 83.0 cm³/mol. The van der Waals surface area contributed by atoms with Crippen LogP contribution < -0.4 is 5.32 Å². The molecule has 0 saturated heterocycles. The highest BCUT2D eigenvalue weighted by atomic mass is 79.9. The molecule has 2 atom stereocenters. The van der Waals surface area contributed by atoms with Crippen LogP contribution in [0.25, 0.3) is 0 Å². The fourth-order valence-electron chi connectivity index (χ4n) is 1.81. The maximum Gasteiger partial charge on any atom is 0.416 e. The standard InChI is InChI=1S/C15H15BrF3NO4/c1-8(16)7-11(14(23)24-2)20-13(22)12(21)9-3-5-10(6-4-9)15(17,18)19/h3-6,11-12,21H,1,7H2,2H3,(H,20,22)/t11-,12+/m0/s1. The Hall–Kier alpha value is -1.87. The molecular weight excluding hydrogens is 395 g/mol. The second-order valence-corrected chi connectivity index (χ2v) is 5.95. The first-order valence-electron chi connectivity index (χ1n) is 6.63. The SMILES string of the molecule is C=C(Br)C[C@H](NC(=O)[C@H](O)c1ccc(C(F)(F)F)cc1)C(=O)OC. The number of nitrogens with one attached hydrogen (secondary N) is 1. The number of benzene rings is 1. The van der Waals surface area contributed by atoms with Crippen molar-refractivity contribution in [1.29, 1.82) is 0 Å². The molecule has 0 heterocycles. The van der Waals surface area contributed by atoms with Crippen molar-refractivity contribution in [2.75, 3.05) is 7.11 Å². The number of hydrogen-bond donors (Lipinski definition) is 2. The summed E-state index contributed by atoms with van der Waals surface area (Å²) in [5.74, 6) is -1.69. The molecular formula is C15H15BrF3NO4. The molecule has 0 spiro atoms. The van der Waals surface area contributed by atoms with Gasteiger partial charge in [0.05, 0.1) is 12.7 Å². The zero-order valence-electron chi connectivity index (χ0n) is 12.6. The van der Waals surface area contributed by atoms with Crippen LogP contribution in [0.1, 0.15) is 23.7 Å². The van der Waals surface area contributed by atoms with Gasteiger partial charge in [0.1, 0.15) is 6.04 Å². The van der Waals surface area contributed by atoms with Crippen LogP contribution in [0.4, 0.5) is 13.2 Å². The molecule has 0 bridgehead atoms. The first kappa shape index (κ1) is 20.2. The van der Waals surface area contributed by atoms with Gasteiger partial charge < -0.3 is 15.2 Å². The lowest BCUT2D eigenvalue weighted by atomic mass is 10.1. The minimum absolute atomic E-state index is 0.0259. The Balaban J connectivity index is 2.85. The number of aliphatic hydroxyl groups is 1. The van der Waals surface area contributed by atoms with E-state index in [0.717, 1.165) is 31.4 Å². The van der Waals surface area contributed by atoms with Crippen LogP contribution in [0.2, 0.25) is 0 Å². The van der Waals surface area contributed by atoms with Gasteiger partial charge in [0.15, 0.2) is 6.10 Å². The Kier molecular flexibility index (Phi) is 6.97. The number of alkyl halides is 3. The minimum atomic E-state index is -4.52. The molecule has 1 aromatic carbocycles. The van der Waals surface area contributed by atoms with Crippen LogP contribution in [0.5, 0.6) is 0 Å². The Morgan fingerprint density at radius 1 is 1.33 bits per heavy atom. The van der Waals surface area contributed by atoms with Gasteiger partial charge in [0, 0.05) is 6.42 Å². The van der Waals surface area contributed by atoms with Gasteiger partial charge in [0.25, 0.3) is 5.91 Å². The zero-order valence-corrected chi connectivity index (χ0v) is 14.1. The summed E-state index contributed by atoms with van der Waals surface area (Å²) in [4.78, 5) is 23.6. The summed E-state index contributed by atoms with van der Waals surface area (Å²) in [5, 5.41) is 12.2. The second kappa shape index (κ2) is 8.29. The fourth-order valence-corrected chi connectivity index (χ4v) is 2.14. The van der Waals surface area contributed by atoms with E-state index in [1.54, 1.807) is 0 Å². The molecule has 1 rings (SSSR count). The van der Waals surface area contributed by atoms with E-state index in [0.29, 0.717) is 4.48 Å². The molecule has 1 amide bonds. The smallest absolute Gasteiger partial charge is 0.416 e. The first-order chi connectivity index (χ1) is 11.1. The van der Waals surface area contributed by atoms with Crippen LogP contribution in [-0.4, -0.2) is 30.1 Å². The first-order valence-corrected chi connectivity index (χ1v) is 7.42. The largest absolute Gasteiger partial charge is 0.467 e. The van der Waals surface area contributed by atoms with E-state index in [-0.39, 0.29) is 12.0 Å². The molecule has 0 aliphatic heterocycles. The van der Waals surface area contributed by atoms with Crippen molar-refractivity contribution in [3.63, 3.8) is 0 Å². The third-order valence-corrected chi connectivity index (χ3v) is 3.35. The highest BCUT2D eigenvalue weighted by Crippen LogP contribution is 2.30. The van der Waals surface area contributed by atoms with Gasteiger partial charge in [-0.3, -0.25) is 4.79 Å². The summed E-state index contributed by atoms with van der Waals surface area (Å²) in [5.41, 5.74) is -0.941. The number of rotatable bonds is 6. The minimum Gasteiger partial charge on any atom is -0.467 e. The van der Waals surface area contributed by atoms with E-state index in [9.17, 15) is 27.9 Å². The summed E-state index contributed by atoms with van der Waals surface area (Å²) >= 11 is 3.05. The van der Waals surface area contributed by atoms with E-state index < -0.39 is 35.8 Å². The molecule has 0 unspecified atom stereocenters. The van der Waals surface area contributed by atoms with Gasteiger partial charge in [-0.25, -0.2) is 4.79 Å². The quantitative estimate of drug-likeness (QED) is 0.708. The molecule has 0 fully saturated rings. The molecule has 2 N–H and O–H groups in total. The monoisotopic (exact) mass is 409 g/mol. The van der Waals surface area contributed by atoms with Crippen LogP contribution >= 0.6 is 15.9 Å². The number of halogens is 4. The maximum atomic E-state index is 12.5. The molecule has 132 valence electrons. The van der Waals surface area contributed by atoms with E-state index in [1.807, 2.05) is 0 Å². The maximum absolute atomic E-state index is 12.5. The summed E-state index contributed by atoms with van der Waals surface area (Å²) in [6.07, 6.45) is -6.22. The van der Waals surface area contributed by atoms with Crippen molar-refractivity contribution >= 4 is 27.8 Å². The number of methoxy groups -OCH3 is 1. The van der Waals surface area contributed by atoms with Gasteiger partial charge in [-0.15, -0.1) is 0 Å². The van der Waals surface area contributed by atoms with E-state index >= 15 is 0 Å².